The highest BCUT2D eigenvalue weighted by molar-refractivity contribution is 5.77. The maximum atomic E-state index is 5.73. The van der Waals surface area contributed by atoms with Crippen LogP contribution in [0.2, 0.25) is 0 Å². The molecule has 0 bridgehead atoms. The van der Waals surface area contributed by atoms with Gasteiger partial charge in [-0.05, 0) is 80.0 Å². The van der Waals surface area contributed by atoms with Gasteiger partial charge in [0.15, 0.2) is 0 Å². The zero-order valence-corrected chi connectivity index (χ0v) is 22.8. The number of ether oxygens (including phenoxy) is 1. The van der Waals surface area contributed by atoms with Crippen LogP contribution in [0, 0.1) is 12.8 Å². The van der Waals surface area contributed by atoms with Gasteiger partial charge < -0.3 is 30.9 Å². The highest BCUT2D eigenvalue weighted by Gasteiger charge is 2.25. The summed E-state index contributed by atoms with van der Waals surface area (Å²) in [5, 5.41) is 0. The maximum absolute atomic E-state index is 5.73. The fourth-order valence-corrected chi connectivity index (χ4v) is 5.58. The SMILES string of the molecule is COc1ccc(CN(C)c2ccc(N3CCC(CN4CCC(N=C/C(N)=C\N)CC4)CC3)cc2C)cc1. The molecule has 37 heavy (non-hydrogen) atoms. The number of piperidine rings is 2. The third-order valence-electron chi connectivity index (χ3n) is 7.85. The van der Waals surface area contributed by atoms with Crippen LogP contribution < -0.4 is 26.0 Å². The summed E-state index contributed by atoms with van der Waals surface area (Å²) in [6.07, 6.45) is 7.84. The molecule has 2 fully saturated rings. The predicted octanol–water partition coefficient (Wildman–Crippen LogP) is 4.15. The van der Waals surface area contributed by atoms with Crippen molar-refractivity contribution in [3.05, 3.63) is 65.5 Å². The van der Waals surface area contributed by atoms with Crippen LogP contribution in [-0.2, 0) is 6.54 Å². The lowest BCUT2D eigenvalue weighted by molar-refractivity contribution is 0.172. The van der Waals surface area contributed by atoms with Crippen molar-refractivity contribution in [1.82, 2.24) is 4.90 Å². The first kappa shape index (κ1) is 26.9. The highest BCUT2D eigenvalue weighted by Crippen LogP contribution is 2.30. The average molecular weight is 505 g/mol. The molecule has 0 spiro atoms. The summed E-state index contributed by atoms with van der Waals surface area (Å²) in [6.45, 7) is 8.83. The molecule has 0 aromatic heterocycles. The Morgan fingerprint density at radius 3 is 2.38 bits per heavy atom. The number of anilines is 2. The van der Waals surface area contributed by atoms with Crippen LogP contribution in [0.1, 0.15) is 36.8 Å². The number of aryl methyl sites for hydroxylation is 1. The summed E-state index contributed by atoms with van der Waals surface area (Å²) in [4.78, 5) is 12.1. The van der Waals surface area contributed by atoms with Crippen molar-refractivity contribution in [2.45, 2.75) is 45.2 Å². The van der Waals surface area contributed by atoms with E-state index in [9.17, 15) is 0 Å². The smallest absolute Gasteiger partial charge is 0.118 e. The maximum Gasteiger partial charge on any atom is 0.118 e. The van der Waals surface area contributed by atoms with E-state index < -0.39 is 0 Å². The van der Waals surface area contributed by atoms with Crippen molar-refractivity contribution in [1.29, 1.82) is 0 Å². The van der Waals surface area contributed by atoms with Gasteiger partial charge in [-0.3, -0.25) is 4.99 Å². The molecule has 7 nitrogen and oxygen atoms in total. The third kappa shape index (κ3) is 7.41. The zero-order valence-electron chi connectivity index (χ0n) is 22.8. The summed E-state index contributed by atoms with van der Waals surface area (Å²) < 4.78 is 5.28. The molecule has 0 atom stereocenters. The van der Waals surface area contributed by atoms with Crippen LogP contribution in [-0.4, -0.2) is 64.0 Å². The molecule has 0 unspecified atom stereocenters. The number of rotatable bonds is 9. The van der Waals surface area contributed by atoms with Gasteiger partial charge in [-0.2, -0.15) is 0 Å². The monoisotopic (exact) mass is 504 g/mol. The Bertz CT molecular complexity index is 1050. The van der Waals surface area contributed by atoms with Gasteiger partial charge in [-0.25, -0.2) is 0 Å². The molecule has 200 valence electrons. The third-order valence-corrected chi connectivity index (χ3v) is 7.85. The lowest BCUT2D eigenvalue weighted by Gasteiger charge is -2.38. The van der Waals surface area contributed by atoms with Gasteiger partial charge in [0.25, 0.3) is 0 Å². The largest absolute Gasteiger partial charge is 0.497 e. The number of benzene rings is 2. The Morgan fingerprint density at radius 1 is 1.05 bits per heavy atom. The normalized spacial score (nSPS) is 18.5. The zero-order chi connectivity index (χ0) is 26.2. The molecule has 2 aliphatic rings. The first-order valence-corrected chi connectivity index (χ1v) is 13.6. The summed E-state index contributed by atoms with van der Waals surface area (Å²) in [5.41, 5.74) is 16.9. The van der Waals surface area contributed by atoms with Crippen molar-refractivity contribution >= 4 is 17.6 Å². The standard InChI is InChI=1S/C30H44N6O/c1-23-18-28(6-9-30(23)34(2)21-24-4-7-29(37-3)8-5-24)36-16-10-25(11-17-36)22-35-14-12-27(13-15-35)33-20-26(32)19-31/h4-9,18-20,25,27H,10-17,21-22,31-32H2,1-3H3/b26-19+,33-20?. The van der Waals surface area contributed by atoms with Gasteiger partial charge in [-0.15, -0.1) is 0 Å². The second kappa shape index (κ2) is 12.9. The molecule has 4 N–H and O–H groups in total. The summed E-state index contributed by atoms with van der Waals surface area (Å²) in [7, 11) is 3.87. The van der Waals surface area contributed by atoms with Crippen LogP contribution in [0.25, 0.3) is 0 Å². The number of methoxy groups -OCH3 is 1. The molecule has 0 aliphatic carbocycles. The molecule has 2 aromatic carbocycles. The minimum Gasteiger partial charge on any atom is -0.497 e. The molecule has 4 rings (SSSR count). The van der Waals surface area contributed by atoms with Crippen molar-refractivity contribution < 1.29 is 4.74 Å². The van der Waals surface area contributed by atoms with Crippen LogP contribution in [0.15, 0.2) is 59.4 Å². The quantitative estimate of drug-likeness (QED) is 0.499. The Balaban J connectivity index is 1.23. The van der Waals surface area contributed by atoms with E-state index in [4.69, 9.17) is 16.2 Å². The van der Waals surface area contributed by atoms with Gasteiger partial charge >= 0.3 is 0 Å². The lowest BCUT2D eigenvalue weighted by Crippen LogP contribution is -2.42. The van der Waals surface area contributed by atoms with Gasteiger partial charge in [0, 0.05) is 70.1 Å². The molecule has 0 saturated carbocycles. The van der Waals surface area contributed by atoms with E-state index in [0.717, 1.165) is 57.2 Å². The van der Waals surface area contributed by atoms with Crippen molar-refractivity contribution in [2.75, 3.05) is 56.7 Å². The summed E-state index contributed by atoms with van der Waals surface area (Å²) in [6, 6.07) is 15.6. The summed E-state index contributed by atoms with van der Waals surface area (Å²) in [5.74, 6) is 1.68. The van der Waals surface area contributed by atoms with Crippen molar-refractivity contribution in [2.24, 2.45) is 22.4 Å². The first-order chi connectivity index (χ1) is 17.9. The Hall–Kier alpha value is -3.19. The number of likely N-dealkylation sites (tertiary alicyclic amines) is 1. The molecule has 0 amide bonds. The van der Waals surface area contributed by atoms with Crippen LogP contribution >= 0.6 is 0 Å². The van der Waals surface area contributed by atoms with Crippen molar-refractivity contribution in [3.8, 4) is 5.75 Å². The first-order valence-electron chi connectivity index (χ1n) is 13.6. The number of allylic oxidation sites excluding steroid dienone is 1. The van der Waals surface area contributed by atoms with Crippen LogP contribution in [0.3, 0.4) is 0 Å². The van der Waals surface area contributed by atoms with E-state index >= 15 is 0 Å². The van der Waals surface area contributed by atoms with Gasteiger partial charge in [-0.1, -0.05) is 12.1 Å². The Kier molecular flexibility index (Phi) is 9.34. The second-order valence-corrected chi connectivity index (χ2v) is 10.6. The number of hydrogen-bond donors (Lipinski definition) is 2. The minimum atomic E-state index is 0.373. The number of hydrogen-bond acceptors (Lipinski definition) is 7. The van der Waals surface area contributed by atoms with E-state index in [2.05, 4.69) is 64.0 Å². The molecule has 2 saturated heterocycles. The Labute approximate surface area is 222 Å². The number of nitrogens with two attached hydrogens (primary N) is 2. The lowest BCUT2D eigenvalue weighted by atomic mass is 9.94. The average Bonchev–Trinajstić information content (AvgIpc) is 2.93. The molecule has 2 heterocycles. The fourth-order valence-electron chi connectivity index (χ4n) is 5.58. The van der Waals surface area contributed by atoms with E-state index in [1.54, 1.807) is 13.3 Å². The molecule has 0 radical (unpaired) electrons. The van der Waals surface area contributed by atoms with Gasteiger partial charge in [0.1, 0.15) is 5.75 Å². The topological polar surface area (TPSA) is 83.3 Å². The second-order valence-electron chi connectivity index (χ2n) is 10.6. The van der Waals surface area contributed by atoms with E-state index in [1.165, 1.54) is 48.1 Å². The number of aliphatic imine (C=N–C) groups is 1. The minimum absolute atomic E-state index is 0.373. The van der Waals surface area contributed by atoms with E-state index in [-0.39, 0.29) is 0 Å². The van der Waals surface area contributed by atoms with Crippen LogP contribution in [0.5, 0.6) is 5.75 Å². The molecule has 7 heteroatoms. The van der Waals surface area contributed by atoms with Gasteiger partial charge in [0.05, 0.1) is 18.8 Å². The van der Waals surface area contributed by atoms with E-state index in [1.807, 2.05) is 12.1 Å². The Morgan fingerprint density at radius 2 is 1.76 bits per heavy atom. The summed E-state index contributed by atoms with van der Waals surface area (Å²) >= 11 is 0. The highest BCUT2D eigenvalue weighted by atomic mass is 16.5. The predicted molar refractivity (Wildman–Crippen MR) is 156 cm³/mol. The molecular formula is C30H44N6O. The van der Waals surface area contributed by atoms with Crippen LogP contribution in [0.4, 0.5) is 11.4 Å². The molecule has 2 aromatic rings. The molecular weight excluding hydrogens is 460 g/mol. The van der Waals surface area contributed by atoms with Gasteiger partial charge in [0.2, 0.25) is 0 Å². The van der Waals surface area contributed by atoms with E-state index in [0.29, 0.717) is 11.7 Å². The number of nitrogens with zero attached hydrogens (tertiary/aromatic N) is 4. The molecule has 2 aliphatic heterocycles. The van der Waals surface area contributed by atoms with Crippen molar-refractivity contribution in [3.63, 3.8) is 0 Å². The fraction of sp³-hybridized carbons (Fsp3) is 0.500.